The molecule has 0 spiro atoms. The fourth-order valence-electron chi connectivity index (χ4n) is 3.25. The molecule has 29 heavy (non-hydrogen) atoms. The molecule has 3 atom stereocenters. The molecule has 1 aliphatic heterocycles. The van der Waals surface area contributed by atoms with Crippen LogP contribution in [0, 0.1) is 17.6 Å². The zero-order valence-corrected chi connectivity index (χ0v) is 15.3. The van der Waals surface area contributed by atoms with Crippen molar-refractivity contribution in [2.24, 2.45) is 5.92 Å². The molecule has 2 heterocycles. The molecule has 152 valence electrons. The number of halogens is 2. The second-order valence-corrected chi connectivity index (χ2v) is 6.74. The van der Waals surface area contributed by atoms with Crippen LogP contribution in [0.5, 0.6) is 0 Å². The third kappa shape index (κ3) is 4.00. The van der Waals surface area contributed by atoms with E-state index in [-0.39, 0.29) is 17.8 Å². The summed E-state index contributed by atoms with van der Waals surface area (Å²) in [6.45, 7) is 1.50. The van der Waals surface area contributed by atoms with E-state index in [1.54, 1.807) is 6.07 Å². The van der Waals surface area contributed by atoms with Crippen molar-refractivity contribution in [3.8, 4) is 0 Å². The number of hydrogen-bond donors (Lipinski definition) is 3. The quantitative estimate of drug-likeness (QED) is 0.653. The number of imide groups is 1. The molecule has 0 radical (unpaired) electrons. The molecule has 0 saturated carbocycles. The molecule has 1 saturated heterocycles. The van der Waals surface area contributed by atoms with Gasteiger partial charge in [0, 0.05) is 6.20 Å². The maximum absolute atomic E-state index is 13.4. The number of aliphatic carboxylic acids is 1. The number of likely N-dealkylation sites (tertiary alicyclic amines) is 1. The van der Waals surface area contributed by atoms with Crippen molar-refractivity contribution >= 4 is 23.7 Å². The molecule has 10 heteroatoms. The first kappa shape index (κ1) is 20.2. The number of pyridine rings is 1. The number of nitrogen functional groups attached to an aromatic ring is 1. The summed E-state index contributed by atoms with van der Waals surface area (Å²) in [7, 11) is 0. The Hall–Kier alpha value is -3.56. The smallest absolute Gasteiger partial charge is 0.327 e. The van der Waals surface area contributed by atoms with Crippen molar-refractivity contribution < 1.29 is 28.3 Å². The van der Waals surface area contributed by atoms with E-state index in [2.05, 4.69) is 10.3 Å². The molecule has 3 amide bonds. The molecule has 0 aliphatic carbocycles. The van der Waals surface area contributed by atoms with Crippen molar-refractivity contribution in [3.05, 3.63) is 59.3 Å². The van der Waals surface area contributed by atoms with Gasteiger partial charge in [-0.3, -0.25) is 4.79 Å². The van der Waals surface area contributed by atoms with Crippen LogP contribution in [0.25, 0.3) is 0 Å². The number of rotatable bonds is 5. The molecule has 1 aliphatic rings. The number of aromatic nitrogens is 1. The number of benzene rings is 1. The third-order valence-electron chi connectivity index (χ3n) is 4.77. The molecular formula is C19H18F2N4O4. The Morgan fingerprint density at radius 1 is 1.28 bits per heavy atom. The summed E-state index contributed by atoms with van der Waals surface area (Å²) in [5, 5.41) is 11.9. The molecule has 1 aromatic heterocycles. The summed E-state index contributed by atoms with van der Waals surface area (Å²) in [6.07, 6.45) is 1.53. The topological polar surface area (TPSA) is 126 Å². The highest BCUT2D eigenvalue weighted by Gasteiger charge is 2.54. The van der Waals surface area contributed by atoms with Gasteiger partial charge in [0.2, 0.25) is 5.91 Å². The average Bonchev–Trinajstić information content (AvgIpc) is 2.65. The fraction of sp³-hybridized carbons (Fsp3) is 0.263. The van der Waals surface area contributed by atoms with Gasteiger partial charge in [-0.2, -0.15) is 0 Å². The molecule has 8 nitrogen and oxygen atoms in total. The normalized spacial score (nSPS) is 19.4. The summed E-state index contributed by atoms with van der Waals surface area (Å²) in [6, 6.07) is 3.20. The lowest BCUT2D eigenvalue weighted by atomic mass is 9.82. The van der Waals surface area contributed by atoms with Gasteiger partial charge in [-0.25, -0.2) is 28.3 Å². The van der Waals surface area contributed by atoms with E-state index in [1.807, 2.05) is 0 Å². The van der Waals surface area contributed by atoms with Gasteiger partial charge < -0.3 is 16.2 Å². The predicted octanol–water partition coefficient (Wildman–Crippen LogP) is 1.87. The number of hydrogen-bond acceptors (Lipinski definition) is 5. The SMILES string of the molecule is CC(NC(=O)N1C(=O)[C@H](Cc2ccnc(N)c2)C1C(=O)O)c1ccc(F)c(F)c1. The third-order valence-corrected chi connectivity index (χ3v) is 4.77. The van der Waals surface area contributed by atoms with E-state index >= 15 is 0 Å². The van der Waals surface area contributed by atoms with Gasteiger partial charge in [-0.1, -0.05) is 6.07 Å². The van der Waals surface area contributed by atoms with Crippen LogP contribution in [-0.4, -0.2) is 38.9 Å². The Morgan fingerprint density at radius 3 is 2.62 bits per heavy atom. The first-order valence-corrected chi connectivity index (χ1v) is 8.70. The van der Waals surface area contributed by atoms with Gasteiger partial charge >= 0.3 is 12.0 Å². The van der Waals surface area contributed by atoms with Gasteiger partial charge in [0.25, 0.3) is 0 Å². The summed E-state index contributed by atoms with van der Waals surface area (Å²) in [5.41, 5.74) is 6.48. The second-order valence-electron chi connectivity index (χ2n) is 6.74. The first-order chi connectivity index (χ1) is 13.7. The highest BCUT2D eigenvalue weighted by Crippen LogP contribution is 2.31. The Bertz CT molecular complexity index is 984. The van der Waals surface area contributed by atoms with Crippen LogP contribution >= 0.6 is 0 Å². The largest absolute Gasteiger partial charge is 0.480 e. The number of nitrogens with one attached hydrogen (secondary N) is 1. The minimum Gasteiger partial charge on any atom is -0.480 e. The lowest BCUT2D eigenvalue weighted by molar-refractivity contribution is -0.165. The molecule has 1 fully saturated rings. The van der Waals surface area contributed by atoms with Crippen molar-refractivity contribution in [1.29, 1.82) is 0 Å². The number of β-lactam (4-membered cyclic amide) rings is 1. The van der Waals surface area contributed by atoms with E-state index in [4.69, 9.17) is 5.73 Å². The Kier molecular flexibility index (Phi) is 5.44. The number of carbonyl (C=O) groups is 3. The average molecular weight is 404 g/mol. The van der Waals surface area contributed by atoms with Crippen LogP contribution in [-0.2, 0) is 16.0 Å². The van der Waals surface area contributed by atoms with Gasteiger partial charge in [-0.15, -0.1) is 0 Å². The molecule has 2 aromatic rings. The van der Waals surface area contributed by atoms with Crippen LogP contribution in [0.1, 0.15) is 24.1 Å². The van der Waals surface area contributed by atoms with Crippen molar-refractivity contribution in [3.63, 3.8) is 0 Å². The predicted molar refractivity (Wildman–Crippen MR) is 97.4 cm³/mol. The number of carboxylic acid groups (broad SMARTS) is 1. The zero-order chi connectivity index (χ0) is 21.3. The summed E-state index contributed by atoms with van der Waals surface area (Å²) in [4.78, 5) is 41.0. The maximum Gasteiger partial charge on any atom is 0.327 e. The molecular weight excluding hydrogens is 386 g/mol. The Morgan fingerprint density at radius 2 is 2.00 bits per heavy atom. The van der Waals surface area contributed by atoms with E-state index in [0.717, 1.165) is 12.1 Å². The number of nitrogens with two attached hydrogens (primary N) is 1. The monoisotopic (exact) mass is 404 g/mol. The van der Waals surface area contributed by atoms with Crippen LogP contribution in [0.15, 0.2) is 36.5 Å². The highest BCUT2D eigenvalue weighted by molar-refractivity contribution is 6.07. The van der Waals surface area contributed by atoms with Crippen LogP contribution in [0.3, 0.4) is 0 Å². The van der Waals surface area contributed by atoms with E-state index in [1.165, 1.54) is 25.3 Å². The summed E-state index contributed by atoms with van der Waals surface area (Å²) < 4.78 is 26.4. The number of carboxylic acids is 1. The van der Waals surface area contributed by atoms with E-state index in [0.29, 0.717) is 10.5 Å². The van der Waals surface area contributed by atoms with Gasteiger partial charge in [0.15, 0.2) is 17.7 Å². The standard InChI is InChI=1S/C19H18F2N4O4/c1-9(11-2-3-13(20)14(21)8-11)24-19(29)25-16(18(27)28)12(17(25)26)6-10-4-5-23-15(22)7-10/h2-5,7-9,12,16H,6H2,1H3,(H2,22,23)(H,24,29)(H,27,28)/t9?,12-,16?/m1/s1. The van der Waals surface area contributed by atoms with Gasteiger partial charge in [0.1, 0.15) is 5.82 Å². The number of nitrogens with zero attached hydrogens (tertiary/aromatic N) is 2. The van der Waals surface area contributed by atoms with Crippen molar-refractivity contribution in [1.82, 2.24) is 15.2 Å². The van der Waals surface area contributed by atoms with Crippen molar-refractivity contribution in [2.45, 2.75) is 25.4 Å². The molecule has 0 bridgehead atoms. The van der Waals surface area contributed by atoms with Crippen LogP contribution in [0.2, 0.25) is 0 Å². The van der Waals surface area contributed by atoms with E-state index in [9.17, 15) is 28.3 Å². The second kappa shape index (κ2) is 7.82. The molecule has 4 N–H and O–H groups in total. The summed E-state index contributed by atoms with van der Waals surface area (Å²) in [5.74, 6) is -4.79. The zero-order valence-electron chi connectivity index (χ0n) is 15.3. The van der Waals surface area contributed by atoms with Crippen molar-refractivity contribution in [2.75, 3.05) is 5.73 Å². The Labute approximate surface area is 164 Å². The highest BCUT2D eigenvalue weighted by atomic mass is 19.2. The van der Waals surface area contributed by atoms with E-state index < -0.39 is 47.5 Å². The number of carbonyl (C=O) groups excluding carboxylic acids is 2. The van der Waals surface area contributed by atoms with Crippen LogP contribution in [0.4, 0.5) is 19.4 Å². The van der Waals surface area contributed by atoms with Gasteiger partial charge in [-0.05, 0) is 48.7 Å². The molecule has 1 aromatic carbocycles. The first-order valence-electron chi connectivity index (χ1n) is 8.70. The molecule has 3 rings (SSSR count). The number of urea groups is 1. The maximum atomic E-state index is 13.4. The van der Waals surface area contributed by atoms with Gasteiger partial charge in [0.05, 0.1) is 12.0 Å². The summed E-state index contributed by atoms with van der Waals surface area (Å²) >= 11 is 0. The fourth-order valence-corrected chi connectivity index (χ4v) is 3.25. The minimum atomic E-state index is -1.35. The molecule has 2 unspecified atom stereocenters. The lowest BCUT2D eigenvalue weighted by Gasteiger charge is -2.43. The van der Waals surface area contributed by atoms with Crippen LogP contribution < -0.4 is 11.1 Å². The lowest BCUT2D eigenvalue weighted by Crippen LogP contribution is -2.68. The number of amides is 3. The number of anilines is 1. The minimum absolute atomic E-state index is 0.0883. The Balaban J connectivity index is 1.72.